The molecule has 29 heavy (non-hydrogen) atoms. The van der Waals surface area contributed by atoms with E-state index in [1.807, 2.05) is 0 Å². The van der Waals surface area contributed by atoms with Crippen LogP contribution in [0, 0.1) is 5.82 Å². The van der Waals surface area contributed by atoms with E-state index < -0.39 is 15.8 Å². The van der Waals surface area contributed by atoms with Gasteiger partial charge in [0.25, 0.3) is 0 Å². The van der Waals surface area contributed by atoms with Crippen molar-refractivity contribution >= 4 is 27.5 Å². The van der Waals surface area contributed by atoms with Gasteiger partial charge in [0.2, 0.25) is 21.8 Å². The van der Waals surface area contributed by atoms with Crippen LogP contribution < -0.4 is 5.32 Å². The Morgan fingerprint density at radius 3 is 2.21 bits per heavy atom. The topological polar surface area (TPSA) is 86.8 Å². The van der Waals surface area contributed by atoms with Gasteiger partial charge in [-0.25, -0.2) is 12.8 Å². The number of piperazine rings is 1. The molecule has 0 atom stereocenters. The van der Waals surface area contributed by atoms with Crippen LogP contribution in [0.2, 0.25) is 0 Å². The summed E-state index contributed by atoms with van der Waals surface area (Å²) in [4.78, 5) is 24.8. The summed E-state index contributed by atoms with van der Waals surface area (Å²) in [6.45, 7) is 2.14. The molecule has 0 bridgehead atoms. The summed E-state index contributed by atoms with van der Waals surface area (Å²) in [7, 11) is -3.93. The van der Waals surface area contributed by atoms with Gasteiger partial charge in [-0.3, -0.25) is 9.59 Å². The van der Waals surface area contributed by atoms with Crippen LogP contribution in [-0.2, 0) is 26.0 Å². The lowest BCUT2D eigenvalue weighted by molar-refractivity contribution is -0.131. The maximum atomic E-state index is 13.9. The Balaban J connectivity index is 1.58. The van der Waals surface area contributed by atoms with Gasteiger partial charge < -0.3 is 10.2 Å². The maximum absolute atomic E-state index is 13.9. The van der Waals surface area contributed by atoms with Gasteiger partial charge in [0, 0.05) is 38.8 Å². The number of anilines is 1. The molecule has 154 valence electrons. The van der Waals surface area contributed by atoms with E-state index in [4.69, 9.17) is 0 Å². The average Bonchev–Trinajstić information content (AvgIpc) is 2.69. The number of halogens is 1. The van der Waals surface area contributed by atoms with Crippen molar-refractivity contribution in [3.8, 4) is 0 Å². The third-order valence-electron chi connectivity index (χ3n) is 4.68. The zero-order chi connectivity index (χ0) is 21.0. The molecule has 1 heterocycles. The molecular formula is C20H22FN3O4S. The molecule has 2 aromatic rings. The molecule has 1 N–H and O–H groups in total. The third-order valence-corrected chi connectivity index (χ3v) is 6.61. The molecule has 1 saturated heterocycles. The van der Waals surface area contributed by atoms with E-state index in [1.54, 1.807) is 29.2 Å². The SMILES string of the molecule is CC(=O)Nc1ccc(CC(=O)N2CCN(S(=O)(=O)c3ccccc3F)CC2)cc1. The highest BCUT2D eigenvalue weighted by Crippen LogP contribution is 2.20. The average molecular weight is 419 g/mol. The summed E-state index contributed by atoms with van der Waals surface area (Å²) in [5.74, 6) is -1.06. The molecule has 7 nitrogen and oxygen atoms in total. The molecular weight excluding hydrogens is 397 g/mol. The van der Waals surface area contributed by atoms with Gasteiger partial charge in [-0.2, -0.15) is 4.31 Å². The highest BCUT2D eigenvalue weighted by atomic mass is 32.2. The number of nitrogens with one attached hydrogen (secondary N) is 1. The normalized spacial score (nSPS) is 15.2. The quantitative estimate of drug-likeness (QED) is 0.802. The van der Waals surface area contributed by atoms with E-state index in [2.05, 4.69) is 5.32 Å². The zero-order valence-electron chi connectivity index (χ0n) is 16.0. The van der Waals surface area contributed by atoms with E-state index in [0.29, 0.717) is 5.69 Å². The standard InChI is InChI=1S/C20H22FN3O4S/c1-15(25)22-17-8-6-16(7-9-17)14-20(26)23-10-12-24(13-11-23)29(27,28)19-5-3-2-4-18(19)21/h2-9H,10-14H2,1H3,(H,22,25). The molecule has 1 aliphatic rings. The summed E-state index contributed by atoms with van der Waals surface area (Å²) in [5.41, 5.74) is 1.45. The first-order chi connectivity index (χ1) is 13.8. The van der Waals surface area contributed by atoms with Crippen LogP contribution in [0.4, 0.5) is 10.1 Å². The van der Waals surface area contributed by atoms with Crippen LogP contribution >= 0.6 is 0 Å². The summed E-state index contributed by atoms with van der Waals surface area (Å²) in [5, 5.41) is 2.66. The van der Waals surface area contributed by atoms with E-state index in [1.165, 1.54) is 29.4 Å². The Kier molecular flexibility index (Phi) is 6.29. The first-order valence-electron chi connectivity index (χ1n) is 9.16. The molecule has 0 unspecified atom stereocenters. The Hall–Kier alpha value is -2.78. The van der Waals surface area contributed by atoms with Crippen LogP contribution in [0.15, 0.2) is 53.4 Å². The number of nitrogens with zero attached hydrogens (tertiary/aromatic N) is 2. The van der Waals surface area contributed by atoms with Crippen LogP contribution in [0.1, 0.15) is 12.5 Å². The van der Waals surface area contributed by atoms with Crippen molar-refractivity contribution in [2.45, 2.75) is 18.2 Å². The van der Waals surface area contributed by atoms with Gasteiger partial charge in [-0.15, -0.1) is 0 Å². The van der Waals surface area contributed by atoms with E-state index in [-0.39, 0.29) is 49.3 Å². The highest BCUT2D eigenvalue weighted by Gasteiger charge is 2.31. The summed E-state index contributed by atoms with van der Waals surface area (Å²) < 4.78 is 40.4. The van der Waals surface area contributed by atoms with E-state index >= 15 is 0 Å². The molecule has 0 spiro atoms. The van der Waals surface area contributed by atoms with E-state index in [9.17, 15) is 22.4 Å². The molecule has 0 aromatic heterocycles. The minimum absolute atomic E-state index is 0.111. The maximum Gasteiger partial charge on any atom is 0.246 e. The first kappa shape index (κ1) is 20.9. The largest absolute Gasteiger partial charge is 0.340 e. The zero-order valence-corrected chi connectivity index (χ0v) is 16.8. The number of amides is 2. The van der Waals surface area contributed by atoms with Gasteiger partial charge in [0.15, 0.2) is 0 Å². The Morgan fingerprint density at radius 1 is 1.00 bits per heavy atom. The lowest BCUT2D eigenvalue weighted by Crippen LogP contribution is -2.51. The lowest BCUT2D eigenvalue weighted by atomic mass is 10.1. The minimum atomic E-state index is -3.93. The lowest BCUT2D eigenvalue weighted by Gasteiger charge is -2.34. The Labute approximate surface area is 169 Å². The third kappa shape index (κ3) is 4.99. The van der Waals surface area contributed by atoms with Gasteiger partial charge >= 0.3 is 0 Å². The van der Waals surface area contributed by atoms with Crippen molar-refractivity contribution in [3.63, 3.8) is 0 Å². The van der Waals surface area contributed by atoms with E-state index in [0.717, 1.165) is 11.6 Å². The van der Waals surface area contributed by atoms with Gasteiger partial charge in [-0.1, -0.05) is 24.3 Å². The van der Waals surface area contributed by atoms with Crippen molar-refractivity contribution in [2.24, 2.45) is 0 Å². The molecule has 9 heteroatoms. The van der Waals surface area contributed by atoms with Gasteiger partial charge in [0.05, 0.1) is 6.42 Å². The summed E-state index contributed by atoms with van der Waals surface area (Å²) >= 11 is 0. The number of benzene rings is 2. The fourth-order valence-electron chi connectivity index (χ4n) is 3.17. The Morgan fingerprint density at radius 2 is 1.62 bits per heavy atom. The van der Waals surface area contributed by atoms with Crippen molar-refractivity contribution < 1.29 is 22.4 Å². The molecule has 2 amide bonds. The number of hydrogen-bond donors (Lipinski definition) is 1. The number of hydrogen-bond acceptors (Lipinski definition) is 4. The first-order valence-corrected chi connectivity index (χ1v) is 10.6. The number of sulfonamides is 1. The molecule has 0 aliphatic carbocycles. The smallest absolute Gasteiger partial charge is 0.246 e. The molecule has 2 aromatic carbocycles. The fraction of sp³-hybridized carbons (Fsp3) is 0.300. The van der Waals surface area contributed by atoms with Crippen molar-refractivity contribution in [1.29, 1.82) is 0 Å². The van der Waals surface area contributed by atoms with Crippen molar-refractivity contribution in [3.05, 3.63) is 59.9 Å². The van der Waals surface area contributed by atoms with Gasteiger partial charge in [-0.05, 0) is 29.8 Å². The van der Waals surface area contributed by atoms with Crippen LogP contribution in [0.3, 0.4) is 0 Å². The monoisotopic (exact) mass is 419 g/mol. The highest BCUT2D eigenvalue weighted by molar-refractivity contribution is 7.89. The second-order valence-electron chi connectivity index (χ2n) is 6.77. The number of rotatable bonds is 5. The molecule has 1 aliphatic heterocycles. The minimum Gasteiger partial charge on any atom is -0.340 e. The fourth-order valence-corrected chi connectivity index (χ4v) is 4.65. The molecule has 1 fully saturated rings. The predicted molar refractivity (Wildman–Crippen MR) is 106 cm³/mol. The predicted octanol–water partition coefficient (Wildman–Crippen LogP) is 1.86. The number of carbonyl (C=O) groups is 2. The number of carbonyl (C=O) groups excluding carboxylic acids is 2. The summed E-state index contributed by atoms with van der Waals surface area (Å²) in [6.07, 6.45) is 0.181. The molecule has 3 rings (SSSR count). The second kappa shape index (κ2) is 8.71. The van der Waals surface area contributed by atoms with Crippen molar-refractivity contribution in [1.82, 2.24) is 9.21 Å². The van der Waals surface area contributed by atoms with Crippen LogP contribution in [0.5, 0.6) is 0 Å². The van der Waals surface area contributed by atoms with Crippen LogP contribution in [-0.4, -0.2) is 55.6 Å². The van der Waals surface area contributed by atoms with Crippen LogP contribution in [0.25, 0.3) is 0 Å². The molecule has 0 radical (unpaired) electrons. The van der Waals surface area contributed by atoms with Crippen molar-refractivity contribution in [2.75, 3.05) is 31.5 Å². The second-order valence-corrected chi connectivity index (χ2v) is 8.68. The Bertz CT molecular complexity index is 1000. The summed E-state index contributed by atoms with van der Waals surface area (Å²) in [6, 6.07) is 12.3. The molecule has 0 saturated carbocycles. The van der Waals surface area contributed by atoms with Gasteiger partial charge in [0.1, 0.15) is 10.7 Å².